The second-order valence-corrected chi connectivity index (χ2v) is 6.80. The van der Waals surface area contributed by atoms with E-state index in [4.69, 9.17) is 4.74 Å². The summed E-state index contributed by atoms with van der Waals surface area (Å²) in [5.74, 6) is 1.08. The van der Waals surface area contributed by atoms with E-state index in [2.05, 4.69) is 33.1 Å². The second-order valence-electron chi connectivity index (χ2n) is 6.80. The molecule has 0 N–H and O–H groups in total. The monoisotopic (exact) mass is 311 g/mol. The molecule has 0 unspecified atom stereocenters. The Labute approximate surface area is 137 Å². The summed E-state index contributed by atoms with van der Waals surface area (Å²) < 4.78 is 6.34. The van der Waals surface area contributed by atoms with E-state index in [1.165, 1.54) is 32.1 Å². The summed E-state index contributed by atoms with van der Waals surface area (Å²) in [5.41, 5.74) is 1.03. The zero-order chi connectivity index (χ0) is 15.5. The van der Waals surface area contributed by atoms with Crippen LogP contribution in [0.25, 0.3) is 10.9 Å². The molecule has 1 aromatic carbocycles. The molecule has 4 nitrogen and oxygen atoms in total. The molecule has 0 radical (unpaired) electrons. The second kappa shape index (κ2) is 6.83. The predicted molar refractivity (Wildman–Crippen MR) is 92.7 cm³/mol. The Bertz CT molecular complexity index is 641. The zero-order valence-corrected chi connectivity index (χ0v) is 13.7. The average molecular weight is 311 g/mol. The minimum atomic E-state index is 0.433. The molecular weight excluding hydrogens is 286 g/mol. The lowest BCUT2D eigenvalue weighted by molar-refractivity contribution is -0.0395. The van der Waals surface area contributed by atoms with Gasteiger partial charge in [-0.25, -0.2) is 9.97 Å². The van der Waals surface area contributed by atoms with Gasteiger partial charge in [0.05, 0.1) is 17.7 Å². The standard InChI is InChI=1S/C19H25N3O/c1-2-6-15(7-3-1)23-16-10-12-22(13-11-16)19-17-8-4-5-9-18(17)20-14-21-19/h4-5,8-9,14-16H,1-3,6-7,10-13H2. The van der Waals surface area contributed by atoms with Crippen molar-refractivity contribution in [1.29, 1.82) is 0 Å². The average Bonchev–Trinajstić information content (AvgIpc) is 2.63. The van der Waals surface area contributed by atoms with Gasteiger partial charge in [-0.1, -0.05) is 31.4 Å². The number of aromatic nitrogens is 2. The Hall–Kier alpha value is -1.68. The van der Waals surface area contributed by atoms with E-state index >= 15 is 0 Å². The van der Waals surface area contributed by atoms with E-state index in [1.807, 2.05) is 6.07 Å². The van der Waals surface area contributed by atoms with Crippen LogP contribution in [0.5, 0.6) is 0 Å². The van der Waals surface area contributed by atoms with Crippen LogP contribution in [0.1, 0.15) is 44.9 Å². The van der Waals surface area contributed by atoms with Crippen molar-refractivity contribution >= 4 is 16.7 Å². The van der Waals surface area contributed by atoms with Crippen molar-refractivity contribution in [1.82, 2.24) is 9.97 Å². The van der Waals surface area contributed by atoms with E-state index in [-0.39, 0.29) is 0 Å². The van der Waals surface area contributed by atoms with Gasteiger partial charge in [0.2, 0.25) is 0 Å². The van der Waals surface area contributed by atoms with Crippen molar-refractivity contribution in [2.45, 2.75) is 57.2 Å². The predicted octanol–water partition coefficient (Wildman–Crippen LogP) is 3.95. The summed E-state index contributed by atoms with van der Waals surface area (Å²) >= 11 is 0. The smallest absolute Gasteiger partial charge is 0.139 e. The fourth-order valence-corrected chi connectivity index (χ4v) is 3.92. The van der Waals surface area contributed by atoms with Gasteiger partial charge in [-0.3, -0.25) is 0 Å². The molecule has 0 bridgehead atoms. The third-order valence-corrected chi connectivity index (χ3v) is 5.20. The minimum Gasteiger partial charge on any atom is -0.375 e. The van der Waals surface area contributed by atoms with Crippen molar-refractivity contribution in [3.05, 3.63) is 30.6 Å². The van der Waals surface area contributed by atoms with Crippen LogP contribution in [0.15, 0.2) is 30.6 Å². The Morgan fingerprint density at radius 3 is 2.43 bits per heavy atom. The summed E-state index contributed by atoms with van der Waals surface area (Å²) in [6.07, 6.45) is 11.4. The highest BCUT2D eigenvalue weighted by atomic mass is 16.5. The Balaban J connectivity index is 1.40. The number of para-hydroxylation sites is 1. The highest BCUT2D eigenvalue weighted by Crippen LogP contribution is 2.28. The van der Waals surface area contributed by atoms with Crippen molar-refractivity contribution in [3.8, 4) is 0 Å². The summed E-state index contributed by atoms with van der Waals surface area (Å²) in [6.45, 7) is 2.05. The van der Waals surface area contributed by atoms with E-state index in [0.717, 1.165) is 42.7 Å². The lowest BCUT2D eigenvalue weighted by Gasteiger charge is -2.35. The summed E-state index contributed by atoms with van der Waals surface area (Å²) in [5, 5.41) is 1.15. The maximum atomic E-state index is 6.34. The number of anilines is 1. The topological polar surface area (TPSA) is 38.2 Å². The maximum absolute atomic E-state index is 6.34. The van der Waals surface area contributed by atoms with E-state index < -0.39 is 0 Å². The molecule has 2 aliphatic rings. The minimum absolute atomic E-state index is 0.433. The summed E-state index contributed by atoms with van der Waals surface area (Å²) in [4.78, 5) is 11.3. The highest BCUT2D eigenvalue weighted by Gasteiger charge is 2.25. The molecule has 23 heavy (non-hydrogen) atoms. The zero-order valence-electron chi connectivity index (χ0n) is 13.7. The Morgan fingerprint density at radius 1 is 0.870 bits per heavy atom. The van der Waals surface area contributed by atoms with Gasteiger partial charge in [0.1, 0.15) is 12.1 Å². The molecular formula is C19H25N3O. The lowest BCUT2D eigenvalue weighted by atomic mass is 9.97. The van der Waals surface area contributed by atoms with Gasteiger partial charge in [-0.15, -0.1) is 0 Å². The molecule has 0 atom stereocenters. The van der Waals surface area contributed by atoms with Crippen LogP contribution < -0.4 is 4.90 Å². The lowest BCUT2D eigenvalue weighted by Crippen LogP contribution is -2.39. The van der Waals surface area contributed by atoms with Crippen LogP contribution in [-0.4, -0.2) is 35.3 Å². The van der Waals surface area contributed by atoms with Crippen molar-refractivity contribution in [3.63, 3.8) is 0 Å². The summed E-state index contributed by atoms with van der Waals surface area (Å²) in [6, 6.07) is 8.27. The number of benzene rings is 1. The quantitative estimate of drug-likeness (QED) is 0.860. The number of ether oxygens (including phenoxy) is 1. The Kier molecular flexibility index (Phi) is 4.42. The SMILES string of the molecule is c1ccc2c(N3CCC(OC4CCCCC4)CC3)ncnc2c1. The number of piperidine rings is 1. The molecule has 1 aliphatic carbocycles. The third kappa shape index (κ3) is 3.32. The maximum Gasteiger partial charge on any atom is 0.139 e. The normalized spacial score (nSPS) is 21.0. The van der Waals surface area contributed by atoms with Gasteiger partial charge in [-0.05, 0) is 37.8 Å². The van der Waals surface area contributed by atoms with Gasteiger partial charge in [0.15, 0.2) is 0 Å². The van der Waals surface area contributed by atoms with Crippen molar-refractivity contribution < 1.29 is 4.74 Å². The molecule has 122 valence electrons. The first-order chi connectivity index (χ1) is 11.4. The van der Waals surface area contributed by atoms with Gasteiger partial charge in [-0.2, -0.15) is 0 Å². The van der Waals surface area contributed by atoms with Crippen LogP contribution in [0.3, 0.4) is 0 Å². The van der Waals surface area contributed by atoms with Crippen molar-refractivity contribution in [2.75, 3.05) is 18.0 Å². The van der Waals surface area contributed by atoms with Crippen LogP contribution in [0.4, 0.5) is 5.82 Å². The molecule has 2 fully saturated rings. The number of rotatable bonds is 3. The molecule has 1 saturated heterocycles. The molecule has 2 heterocycles. The molecule has 1 aromatic heterocycles. The molecule has 0 amide bonds. The van der Waals surface area contributed by atoms with E-state index in [0.29, 0.717) is 12.2 Å². The third-order valence-electron chi connectivity index (χ3n) is 5.20. The van der Waals surface area contributed by atoms with Crippen LogP contribution >= 0.6 is 0 Å². The van der Waals surface area contributed by atoms with Crippen molar-refractivity contribution in [2.24, 2.45) is 0 Å². The highest BCUT2D eigenvalue weighted by molar-refractivity contribution is 5.89. The molecule has 1 saturated carbocycles. The van der Waals surface area contributed by atoms with E-state index in [9.17, 15) is 0 Å². The molecule has 4 heteroatoms. The fraction of sp³-hybridized carbons (Fsp3) is 0.579. The van der Waals surface area contributed by atoms with E-state index in [1.54, 1.807) is 6.33 Å². The number of fused-ring (bicyclic) bond motifs is 1. The molecule has 1 aliphatic heterocycles. The molecule has 0 spiro atoms. The van der Waals surface area contributed by atoms with Crippen LogP contribution in [-0.2, 0) is 4.74 Å². The fourth-order valence-electron chi connectivity index (χ4n) is 3.92. The first-order valence-electron chi connectivity index (χ1n) is 9.00. The first kappa shape index (κ1) is 14.9. The van der Waals surface area contributed by atoms with Gasteiger partial charge in [0, 0.05) is 18.5 Å². The Morgan fingerprint density at radius 2 is 1.61 bits per heavy atom. The van der Waals surface area contributed by atoms with Crippen LogP contribution in [0, 0.1) is 0 Å². The van der Waals surface area contributed by atoms with Gasteiger partial charge in [0.25, 0.3) is 0 Å². The molecule has 2 aromatic rings. The first-order valence-corrected chi connectivity index (χ1v) is 9.00. The number of nitrogens with zero attached hydrogens (tertiary/aromatic N) is 3. The molecule has 4 rings (SSSR count). The largest absolute Gasteiger partial charge is 0.375 e. The van der Waals surface area contributed by atoms with Crippen LogP contribution in [0.2, 0.25) is 0 Å². The van der Waals surface area contributed by atoms with Gasteiger partial charge >= 0.3 is 0 Å². The number of hydrogen-bond acceptors (Lipinski definition) is 4. The summed E-state index contributed by atoms with van der Waals surface area (Å²) in [7, 11) is 0. The van der Waals surface area contributed by atoms with Gasteiger partial charge < -0.3 is 9.64 Å². The number of hydrogen-bond donors (Lipinski definition) is 0.